The molecular formula is C14H20N2O3. The van der Waals surface area contributed by atoms with Crippen molar-refractivity contribution in [3.05, 3.63) is 29.6 Å². The average Bonchev–Trinajstić information content (AvgIpc) is 2.88. The van der Waals surface area contributed by atoms with Gasteiger partial charge in [-0.1, -0.05) is 13.0 Å². The molecule has 0 saturated carbocycles. The second kappa shape index (κ2) is 6.63. The van der Waals surface area contributed by atoms with Crippen LogP contribution in [0.25, 0.3) is 0 Å². The first-order chi connectivity index (χ1) is 9.20. The number of hydrogen-bond donors (Lipinski definition) is 2. The molecule has 0 bridgehead atoms. The molecule has 1 aliphatic heterocycles. The van der Waals surface area contributed by atoms with Gasteiger partial charge in [0.2, 0.25) is 0 Å². The zero-order valence-electron chi connectivity index (χ0n) is 11.1. The minimum atomic E-state index is -0.861. The minimum absolute atomic E-state index is 0.00473. The molecule has 19 heavy (non-hydrogen) atoms. The Kier molecular flexibility index (Phi) is 4.87. The monoisotopic (exact) mass is 264 g/mol. The molecule has 2 rings (SSSR count). The lowest BCUT2D eigenvalue weighted by Gasteiger charge is -2.13. The molecule has 1 aromatic rings. The third-order valence-corrected chi connectivity index (χ3v) is 3.41. The summed E-state index contributed by atoms with van der Waals surface area (Å²) in [6, 6.07) is 4.02. The summed E-state index contributed by atoms with van der Waals surface area (Å²) in [6.45, 7) is 3.48. The zero-order chi connectivity index (χ0) is 13.7. The Morgan fingerprint density at radius 2 is 2.42 bits per heavy atom. The van der Waals surface area contributed by atoms with Crippen LogP contribution >= 0.6 is 0 Å². The van der Waals surface area contributed by atoms with Crippen LogP contribution in [0.2, 0.25) is 0 Å². The highest BCUT2D eigenvalue weighted by molar-refractivity contribution is 5.72. The van der Waals surface area contributed by atoms with Gasteiger partial charge in [0.1, 0.15) is 0 Å². The Balaban J connectivity index is 1.77. The van der Waals surface area contributed by atoms with Crippen molar-refractivity contribution in [2.24, 2.45) is 0 Å². The van der Waals surface area contributed by atoms with Gasteiger partial charge in [-0.25, -0.2) is 4.79 Å². The Morgan fingerprint density at radius 1 is 1.58 bits per heavy atom. The standard InChI is InChI=1S/C14H20N2O3/c1-2-10-4-3-7-16-12(10)9-15-8-11-5-6-13(19-11)14(17)18/h3-4,7,11,13,15H,2,5-6,8-9H2,1H3,(H,17,18). The Hall–Kier alpha value is -1.46. The van der Waals surface area contributed by atoms with Crippen LogP contribution in [0.5, 0.6) is 0 Å². The Bertz CT molecular complexity index is 436. The summed E-state index contributed by atoms with van der Waals surface area (Å²) in [5.41, 5.74) is 2.29. The summed E-state index contributed by atoms with van der Waals surface area (Å²) in [7, 11) is 0. The highest BCUT2D eigenvalue weighted by Gasteiger charge is 2.29. The van der Waals surface area contributed by atoms with E-state index in [1.165, 1.54) is 5.56 Å². The van der Waals surface area contributed by atoms with E-state index in [4.69, 9.17) is 9.84 Å². The summed E-state index contributed by atoms with van der Waals surface area (Å²) in [5, 5.41) is 12.1. The zero-order valence-corrected chi connectivity index (χ0v) is 11.1. The fraction of sp³-hybridized carbons (Fsp3) is 0.571. The van der Waals surface area contributed by atoms with Crippen molar-refractivity contribution < 1.29 is 14.6 Å². The fourth-order valence-electron chi connectivity index (χ4n) is 2.34. The largest absolute Gasteiger partial charge is 0.479 e. The average molecular weight is 264 g/mol. The number of aryl methyl sites for hydroxylation is 1. The molecular weight excluding hydrogens is 244 g/mol. The van der Waals surface area contributed by atoms with E-state index in [9.17, 15) is 4.79 Å². The number of carbonyl (C=O) groups is 1. The van der Waals surface area contributed by atoms with Crippen molar-refractivity contribution in [2.45, 2.75) is 44.9 Å². The normalized spacial score (nSPS) is 22.6. The molecule has 5 nitrogen and oxygen atoms in total. The van der Waals surface area contributed by atoms with Crippen LogP contribution in [0, 0.1) is 0 Å². The molecule has 0 spiro atoms. The molecule has 1 fully saturated rings. The highest BCUT2D eigenvalue weighted by Crippen LogP contribution is 2.19. The molecule has 0 amide bonds. The van der Waals surface area contributed by atoms with E-state index in [1.54, 1.807) is 6.20 Å². The molecule has 1 aliphatic rings. The number of hydrogen-bond acceptors (Lipinski definition) is 4. The molecule has 5 heteroatoms. The van der Waals surface area contributed by atoms with E-state index in [0.29, 0.717) is 19.5 Å². The van der Waals surface area contributed by atoms with Gasteiger partial charge in [-0.3, -0.25) is 4.98 Å². The number of carboxylic acids is 1. The van der Waals surface area contributed by atoms with E-state index < -0.39 is 12.1 Å². The van der Waals surface area contributed by atoms with E-state index in [0.717, 1.165) is 18.5 Å². The maximum absolute atomic E-state index is 10.8. The summed E-state index contributed by atoms with van der Waals surface area (Å²) in [5.74, 6) is -0.861. The summed E-state index contributed by atoms with van der Waals surface area (Å²) < 4.78 is 5.43. The third-order valence-electron chi connectivity index (χ3n) is 3.41. The van der Waals surface area contributed by atoms with Gasteiger partial charge in [0.15, 0.2) is 6.10 Å². The Morgan fingerprint density at radius 3 is 3.11 bits per heavy atom. The van der Waals surface area contributed by atoms with Crippen LogP contribution in [0.4, 0.5) is 0 Å². The number of nitrogens with zero attached hydrogens (tertiary/aromatic N) is 1. The predicted octanol–water partition coefficient (Wildman–Crippen LogP) is 1.37. The number of pyridine rings is 1. The smallest absolute Gasteiger partial charge is 0.332 e. The SMILES string of the molecule is CCc1cccnc1CNCC1CCC(C(=O)O)O1. The van der Waals surface area contributed by atoms with Gasteiger partial charge in [0, 0.05) is 19.3 Å². The first-order valence-corrected chi connectivity index (χ1v) is 6.72. The first kappa shape index (κ1) is 14.0. The molecule has 0 aliphatic carbocycles. The Labute approximate surface area is 113 Å². The van der Waals surface area contributed by atoms with Gasteiger partial charge in [0.25, 0.3) is 0 Å². The topological polar surface area (TPSA) is 71.5 Å². The van der Waals surface area contributed by atoms with Crippen molar-refractivity contribution >= 4 is 5.97 Å². The van der Waals surface area contributed by atoms with Crippen molar-refractivity contribution in [1.82, 2.24) is 10.3 Å². The fourth-order valence-corrected chi connectivity index (χ4v) is 2.34. The van der Waals surface area contributed by atoms with Crippen LogP contribution in [0.15, 0.2) is 18.3 Å². The third kappa shape index (κ3) is 3.75. The minimum Gasteiger partial charge on any atom is -0.479 e. The first-order valence-electron chi connectivity index (χ1n) is 6.72. The number of aromatic nitrogens is 1. The van der Waals surface area contributed by atoms with E-state index in [2.05, 4.69) is 23.3 Å². The second-order valence-corrected chi connectivity index (χ2v) is 4.76. The summed E-state index contributed by atoms with van der Waals surface area (Å²) in [6.07, 6.45) is 3.52. The molecule has 1 aromatic heterocycles. The molecule has 0 radical (unpaired) electrons. The van der Waals surface area contributed by atoms with Crippen molar-refractivity contribution in [2.75, 3.05) is 6.54 Å². The van der Waals surface area contributed by atoms with Crippen LogP contribution in [0.3, 0.4) is 0 Å². The van der Waals surface area contributed by atoms with E-state index in [-0.39, 0.29) is 6.10 Å². The van der Waals surface area contributed by atoms with Crippen LogP contribution in [-0.2, 0) is 22.5 Å². The van der Waals surface area contributed by atoms with Gasteiger partial charge in [0.05, 0.1) is 11.8 Å². The predicted molar refractivity (Wildman–Crippen MR) is 70.9 cm³/mol. The van der Waals surface area contributed by atoms with Crippen LogP contribution < -0.4 is 5.32 Å². The van der Waals surface area contributed by atoms with Crippen LogP contribution in [0.1, 0.15) is 31.0 Å². The summed E-state index contributed by atoms with van der Waals surface area (Å²) >= 11 is 0. The quantitative estimate of drug-likeness (QED) is 0.812. The lowest BCUT2D eigenvalue weighted by molar-refractivity contribution is -0.149. The molecule has 2 N–H and O–H groups in total. The number of nitrogens with one attached hydrogen (secondary N) is 1. The number of ether oxygens (including phenoxy) is 1. The van der Waals surface area contributed by atoms with Gasteiger partial charge >= 0.3 is 5.97 Å². The van der Waals surface area contributed by atoms with Crippen molar-refractivity contribution in [3.8, 4) is 0 Å². The molecule has 2 atom stereocenters. The lowest BCUT2D eigenvalue weighted by atomic mass is 10.1. The molecule has 104 valence electrons. The second-order valence-electron chi connectivity index (χ2n) is 4.76. The number of aliphatic carboxylic acids is 1. The maximum atomic E-state index is 10.8. The number of carboxylic acid groups (broad SMARTS) is 1. The van der Waals surface area contributed by atoms with Crippen molar-refractivity contribution in [3.63, 3.8) is 0 Å². The molecule has 0 aromatic carbocycles. The van der Waals surface area contributed by atoms with E-state index >= 15 is 0 Å². The van der Waals surface area contributed by atoms with Crippen LogP contribution in [-0.4, -0.2) is 34.8 Å². The van der Waals surface area contributed by atoms with Gasteiger partial charge in [-0.2, -0.15) is 0 Å². The van der Waals surface area contributed by atoms with E-state index in [1.807, 2.05) is 6.07 Å². The molecule has 2 heterocycles. The molecule has 2 unspecified atom stereocenters. The maximum Gasteiger partial charge on any atom is 0.332 e. The van der Waals surface area contributed by atoms with Gasteiger partial charge in [-0.15, -0.1) is 0 Å². The lowest BCUT2D eigenvalue weighted by Crippen LogP contribution is -2.29. The van der Waals surface area contributed by atoms with Gasteiger partial charge < -0.3 is 15.2 Å². The highest BCUT2D eigenvalue weighted by atomic mass is 16.5. The van der Waals surface area contributed by atoms with Crippen molar-refractivity contribution in [1.29, 1.82) is 0 Å². The molecule has 1 saturated heterocycles. The van der Waals surface area contributed by atoms with Gasteiger partial charge in [-0.05, 0) is 30.9 Å². The summed E-state index contributed by atoms with van der Waals surface area (Å²) in [4.78, 5) is 15.1. The number of rotatable bonds is 6.